The van der Waals surface area contributed by atoms with Crippen LogP contribution in [0.4, 0.5) is 0 Å². The van der Waals surface area contributed by atoms with Crippen molar-refractivity contribution in [2.24, 2.45) is 11.8 Å². The maximum Gasteiger partial charge on any atom is 0.308 e. The second-order valence-electron chi connectivity index (χ2n) is 21.3. The van der Waals surface area contributed by atoms with Crippen LogP contribution in [-0.2, 0) is 61.6 Å². The van der Waals surface area contributed by atoms with Crippen molar-refractivity contribution in [3.63, 3.8) is 0 Å². The van der Waals surface area contributed by atoms with Gasteiger partial charge in [-0.05, 0) is 81.3 Å². The topological polar surface area (TPSA) is 148 Å². The molecule has 0 amide bonds. The summed E-state index contributed by atoms with van der Waals surface area (Å²) in [6, 6.07) is 0. The number of rotatable bonds is 8. The van der Waals surface area contributed by atoms with Gasteiger partial charge in [-0.1, -0.05) is 45.9 Å². The van der Waals surface area contributed by atoms with E-state index in [1.165, 1.54) is 12.8 Å². The minimum absolute atomic E-state index is 0.00158. The monoisotopic (exact) mass is 913 g/mol. The Labute approximate surface area is 385 Å². The zero-order chi connectivity index (χ0) is 45.0. The fraction of sp³-hybridized carbons (Fsp3) is 0.863. The van der Waals surface area contributed by atoms with E-state index >= 15 is 0 Å². The van der Waals surface area contributed by atoms with Crippen LogP contribution in [0.2, 0.25) is 0 Å². The Morgan fingerprint density at radius 3 is 2.32 bits per heavy atom. The third-order valence-electron chi connectivity index (χ3n) is 16.9. The minimum atomic E-state index is -1.09. The Balaban J connectivity index is 0.926. The van der Waals surface area contributed by atoms with Crippen molar-refractivity contribution in [1.82, 2.24) is 0 Å². The molecule has 1 N–H and O–H groups in total. The Bertz CT molecular complexity index is 1720. The molecule has 14 heteroatoms. The zero-order valence-corrected chi connectivity index (χ0v) is 39.1. The number of aliphatic hydroxyl groups is 1. The lowest BCUT2D eigenvalue weighted by Gasteiger charge is -2.52. The fourth-order valence-corrected chi connectivity index (χ4v) is 13.5. The van der Waals surface area contributed by atoms with Crippen molar-refractivity contribution < 1.29 is 66.7 Å². The number of hydrogen-bond donors (Lipinski definition) is 1. The van der Waals surface area contributed by atoms with Gasteiger partial charge in [0.05, 0.1) is 105 Å². The van der Waals surface area contributed by atoms with Crippen molar-refractivity contribution in [3.8, 4) is 0 Å². The lowest BCUT2D eigenvalue weighted by molar-refractivity contribution is -0.298. The molecule has 1 aliphatic carbocycles. The number of esters is 1. The SMILES string of the molecule is C=CCO[C@@]1(OC)C[C@]23CCC4CC(=C)[C@H](CCC5C[C@@H](C)C(=C)C(CC6O[C@H]7C[C@@H](OC8CCCC8)C(CCO)O[C@H]7[C@H](C)[C@H]6OC(=O)CC6CC[C@@H]7O[C@H](C[C@@H](O2)C7O6)[C@H]1O3)O5)O4. The molecular formula is C51H76O14. The molecule has 9 heterocycles. The van der Waals surface area contributed by atoms with E-state index in [1.54, 1.807) is 13.2 Å². The van der Waals surface area contributed by atoms with E-state index in [4.69, 9.17) is 56.8 Å². The van der Waals surface area contributed by atoms with Crippen LogP contribution in [0.15, 0.2) is 37.0 Å². The highest BCUT2D eigenvalue weighted by molar-refractivity contribution is 5.70. The van der Waals surface area contributed by atoms with E-state index in [1.807, 2.05) is 0 Å². The first-order chi connectivity index (χ1) is 31.5. The van der Waals surface area contributed by atoms with Gasteiger partial charge in [0.2, 0.25) is 5.79 Å². The molecular weight excluding hydrogens is 837 g/mol. The average Bonchev–Trinajstić information content (AvgIpc) is 4.00. The first kappa shape index (κ1) is 46.9. The molecule has 10 rings (SSSR count). The lowest BCUT2D eigenvalue weighted by atomic mass is 9.79. The van der Waals surface area contributed by atoms with Gasteiger partial charge in [-0.2, -0.15) is 0 Å². The smallest absolute Gasteiger partial charge is 0.308 e. The predicted octanol–water partition coefficient (Wildman–Crippen LogP) is 6.72. The number of aliphatic hydroxyl groups excluding tert-OH is 1. The summed E-state index contributed by atoms with van der Waals surface area (Å²) in [5.74, 6) is -2.43. The first-order valence-electron chi connectivity index (χ1n) is 25.4. The van der Waals surface area contributed by atoms with Gasteiger partial charge in [0.15, 0.2) is 5.79 Å². The zero-order valence-electron chi connectivity index (χ0n) is 39.1. The Hall–Kier alpha value is -1.79. The van der Waals surface area contributed by atoms with Crippen LogP contribution in [0.5, 0.6) is 0 Å². The van der Waals surface area contributed by atoms with E-state index < -0.39 is 42.1 Å². The van der Waals surface area contributed by atoms with Crippen LogP contribution in [0.25, 0.3) is 0 Å². The van der Waals surface area contributed by atoms with Gasteiger partial charge in [0, 0.05) is 45.3 Å². The van der Waals surface area contributed by atoms with Gasteiger partial charge in [-0.25, -0.2) is 0 Å². The second-order valence-corrected chi connectivity index (χ2v) is 21.3. The van der Waals surface area contributed by atoms with E-state index in [0.29, 0.717) is 64.4 Å². The van der Waals surface area contributed by atoms with Gasteiger partial charge in [0.1, 0.15) is 18.3 Å². The van der Waals surface area contributed by atoms with Crippen LogP contribution in [0.1, 0.15) is 129 Å². The molecule has 10 aliphatic rings. The summed E-state index contributed by atoms with van der Waals surface area (Å²) in [4.78, 5) is 14.3. The first-order valence-corrected chi connectivity index (χ1v) is 25.4. The number of ether oxygens (including phenoxy) is 12. The Kier molecular flexibility index (Phi) is 14.1. The highest BCUT2D eigenvalue weighted by Gasteiger charge is 2.67. The molecule has 10 fully saturated rings. The molecule has 9 saturated heterocycles. The number of fused-ring (bicyclic) bond motifs is 10. The standard InChI is InChI=1S/C51H76O14/c1-7-20-55-51(54-6)27-50-18-16-35-22-29(3)36(57-35)14-12-33-21-28(2)30(4)39(58-33)24-41-47(31(5)46-42(61-41)25-40(37(62-46)17-19-52)56-32-10-8-9-11-32)63-45(53)23-34-13-15-38-48(59-34)43(64-50)26-44(60-38)49(51)65-50/h7,28,31-44,46-49,52H,1,3-4,8-27H2,2,5-6H3/t28-,31+,33?,34?,35?,36+,37?,38+,39?,40-,41?,42+,43-,44-,46+,47-,48?,49-,50-,51+/m1/s1. The Morgan fingerprint density at radius 2 is 1.52 bits per heavy atom. The highest BCUT2D eigenvalue weighted by Crippen LogP contribution is 2.54. The Morgan fingerprint density at radius 1 is 0.754 bits per heavy atom. The van der Waals surface area contributed by atoms with Gasteiger partial charge in [0.25, 0.3) is 0 Å². The predicted molar refractivity (Wildman–Crippen MR) is 236 cm³/mol. The van der Waals surface area contributed by atoms with Crippen molar-refractivity contribution in [2.45, 2.75) is 245 Å². The molecule has 0 aromatic heterocycles. The van der Waals surface area contributed by atoms with E-state index in [0.717, 1.165) is 49.7 Å². The largest absolute Gasteiger partial charge is 0.459 e. The summed E-state index contributed by atoms with van der Waals surface area (Å²) >= 11 is 0. The number of hydrogen-bond acceptors (Lipinski definition) is 14. The summed E-state index contributed by atoms with van der Waals surface area (Å²) < 4.78 is 81.5. The molecule has 14 nitrogen and oxygen atoms in total. The fourth-order valence-electron chi connectivity index (χ4n) is 13.5. The van der Waals surface area contributed by atoms with Crippen LogP contribution < -0.4 is 0 Å². The molecule has 10 bridgehead atoms. The van der Waals surface area contributed by atoms with Crippen LogP contribution >= 0.6 is 0 Å². The molecule has 0 aromatic rings. The third kappa shape index (κ3) is 9.48. The van der Waals surface area contributed by atoms with Gasteiger partial charge >= 0.3 is 5.97 Å². The maximum absolute atomic E-state index is 14.3. The third-order valence-corrected chi connectivity index (χ3v) is 16.9. The van der Waals surface area contributed by atoms with Crippen LogP contribution in [0.3, 0.4) is 0 Å². The lowest BCUT2D eigenvalue weighted by Crippen LogP contribution is -2.62. The minimum Gasteiger partial charge on any atom is -0.459 e. The van der Waals surface area contributed by atoms with Crippen molar-refractivity contribution >= 4 is 5.97 Å². The number of methoxy groups -OCH3 is 1. The van der Waals surface area contributed by atoms with E-state index in [2.05, 4.69) is 33.6 Å². The number of carbonyl (C=O) groups is 1. The van der Waals surface area contributed by atoms with E-state index in [9.17, 15) is 9.90 Å². The van der Waals surface area contributed by atoms with Crippen molar-refractivity contribution in [1.29, 1.82) is 0 Å². The summed E-state index contributed by atoms with van der Waals surface area (Å²) in [5, 5.41) is 10.1. The molecule has 1 spiro atoms. The molecule has 1 saturated carbocycles. The molecule has 7 unspecified atom stereocenters. The molecule has 9 aliphatic heterocycles. The van der Waals surface area contributed by atoms with Crippen LogP contribution in [0, 0.1) is 11.8 Å². The van der Waals surface area contributed by atoms with Crippen molar-refractivity contribution in [2.75, 3.05) is 20.3 Å². The van der Waals surface area contributed by atoms with Gasteiger partial charge < -0.3 is 61.9 Å². The maximum atomic E-state index is 14.3. The molecule has 0 aromatic carbocycles. The van der Waals surface area contributed by atoms with Crippen LogP contribution in [-0.4, -0.2) is 147 Å². The normalized spacial score (nSPS) is 49.3. The average molecular weight is 913 g/mol. The molecule has 20 atom stereocenters. The van der Waals surface area contributed by atoms with E-state index in [-0.39, 0.29) is 104 Å². The second kappa shape index (κ2) is 19.5. The summed E-state index contributed by atoms with van der Waals surface area (Å²) in [5.41, 5.74) is 2.15. The summed E-state index contributed by atoms with van der Waals surface area (Å²) in [6.45, 7) is 17.6. The molecule has 65 heavy (non-hydrogen) atoms. The van der Waals surface area contributed by atoms with Gasteiger partial charge in [-0.15, -0.1) is 6.58 Å². The molecule has 364 valence electrons. The number of carbonyl (C=O) groups excluding carboxylic acids is 1. The quantitative estimate of drug-likeness (QED) is 0.156. The summed E-state index contributed by atoms with van der Waals surface area (Å²) in [6.07, 6.45) is 9.89. The summed E-state index contributed by atoms with van der Waals surface area (Å²) in [7, 11) is 1.66. The van der Waals surface area contributed by atoms with Crippen molar-refractivity contribution in [3.05, 3.63) is 37.0 Å². The van der Waals surface area contributed by atoms with Gasteiger partial charge in [-0.3, -0.25) is 4.79 Å². The highest BCUT2D eigenvalue weighted by atomic mass is 16.8. The molecule has 0 radical (unpaired) electrons.